The number of nitrogens with zero attached hydrogens (tertiary/aromatic N) is 2. The minimum atomic E-state index is -0.954. The number of benzene rings is 1. The lowest BCUT2D eigenvalue weighted by atomic mass is 10.1. The molecule has 1 aromatic heterocycles. The van der Waals surface area contributed by atoms with E-state index in [1.54, 1.807) is 12.3 Å². The van der Waals surface area contributed by atoms with Crippen molar-refractivity contribution in [2.45, 2.75) is 5.16 Å². The normalized spacial score (nSPS) is 10.3. The van der Waals surface area contributed by atoms with E-state index in [4.69, 9.17) is 16.9 Å². The van der Waals surface area contributed by atoms with E-state index in [0.29, 0.717) is 0 Å². The number of nitrogens with one attached hydrogen (secondary N) is 1. The Balaban J connectivity index is 2.78. The van der Waals surface area contributed by atoms with Crippen molar-refractivity contribution in [3.05, 3.63) is 38.9 Å². The lowest BCUT2D eigenvalue weighted by Crippen LogP contribution is -2.14. The number of hydrogen-bond acceptors (Lipinski definition) is 5. The first kappa shape index (κ1) is 14.4. The van der Waals surface area contributed by atoms with Gasteiger partial charge < -0.3 is 10.1 Å². The Bertz CT molecular complexity index is 762. The molecule has 8 heteroatoms. The maximum absolute atomic E-state index is 13.5. The highest BCUT2D eigenvalue weighted by molar-refractivity contribution is 7.98. The standard InChI is InChI=1S/C12H7ClFN3O2S/c1-20-12-16-9(6(4-15)11(19)17-12)5-2-7(13)10(18)8(14)3-5/h2-3,18H,1H3,(H,16,17,19). The quantitative estimate of drug-likeness (QED) is 0.657. The highest BCUT2D eigenvalue weighted by atomic mass is 35.5. The van der Waals surface area contributed by atoms with E-state index in [0.717, 1.165) is 6.07 Å². The van der Waals surface area contributed by atoms with Crippen LogP contribution in [0.1, 0.15) is 5.56 Å². The number of rotatable bonds is 2. The lowest BCUT2D eigenvalue weighted by Gasteiger charge is -2.07. The second-order valence-corrected chi connectivity index (χ2v) is 4.90. The Morgan fingerprint density at radius 1 is 1.55 bits per heavy atom. The zero-order chi connectivity index (χ0) is 14.9. The number of aromatic nitrogens is 2. The summed E-state index contributed by atoms with van der Waals surface area (Å²) >= 11 is 6.86. The van der Waals surface area contributed by atoms with Gasteiger partial charge in [-0.1, -0.05) is 23.4 Å². The smallest absolute Gasteiger partial charge is 0.270 e. The third kappa shape index (κ3) is 2.48. The van der Waals surface area contributed by atoms with Crippen molar-refractivity contribution in [3.63, 3.8) is 0 Å². The first-order valence-corrected chi connectivity index (χ1v) is 6.85. The molecule has 0 atom stereocenters. The third-order valence-electron chi connectivity index (χ3n) is 2.49. The molecule has 2 rings (SSSR count). The van der Waals surface area contributed by atoms with Crippen molar-refractivity contribution in [1.82, 2.24) is 9.97 Å². The van der Waals surface area contributed by atoms with E-state index in [9.17, 15) is 14.3 Å². The van der Waals surface area contributed by atoms with Gasteiger partial charge in [0.25, 0.3) is 5.56 Å². The van der Waals surface area contributed by atoms with Crippen LogP contribution in [0.5, 0.6) is 5.75 Å². The zero-order valence-corrected chi connectivity index (χ0v) is 11.6. The number of phenols is 1. The molecule has 0 aliphatic heterocycles. The van der Waals surface area contributed by atoms with Crippen LogP contribution in [-0.2, 0) is 0 Å². The number of aromatic amines is 1. The highest BCUT2D eigenvalue weighted by Crippen LogP contribution is 2.32. The van der Waals surface area contributed by atoms with Gasteiger partial charge in [-0.05, 0) is 18.4 Å². The van der Waals surface area contributed by atoms with Gasteiger partial charge in [0.05, 0.1) is 10.7 Å². The van der Waals surface area contributed by atoms with Crippen LogP contribution in [-0.4, -0.2) is 21.3 Å². The molecular weight excluding hydrogens is 305 g/mol. The Kier molecular flexibility index (Phi) is 3.97. The summed E-state index contributed by atoms with van der Waals surface area (Å²) in [6.07, 6.45) is 1.69. The van der Waals surface area contributed by atoms with Gasteiger partial charge in [0.1, 0.15) is 11.6 Å². The fourth-order valence-electron chi connectivity index (χ4n) is 1.56. The van der Waals surface area contributed by atoms with Crippen molar-refractivity contribution in [2.75, 3.05) is 6.26 Å². The van der Waals surface area contributed by atoms with Crippen LogP contribution in [0.2, 0.25) is 5.02 Å². The first-order chi connectivity index (χ1) is 9.47. The van der Waals surface area contributed by atoms with Crippen LogP contribution in [0.4, 0.5) is 4.39 Å². The maximum atomic E-state index is 13.5. The molecule has 0 spiro atoms. The zero-order valence-electron chi connectivity index (χ0n) is 10.1. The second kappa shape index (κ2) is 5.53. The molecule has 20 heavy (non-hydrogen) atoms. The van der Waals surface area contributed by atoms with Gasteiger partial charge >= 0.3 is 0 Å². The van der Waals surface area contributed by atoms with Gasteiger partial charge in [0.2, 0.25) is 0 Å². The molecule has 0 saturated heterocycles. The average Bonchev–Trinajstić information content (AvgIpc) is 2.43. The minimum absolute atomic E-state index is 0.0152. The summed E-state index contributed by atoms with van der Waals surface area (Å²) in [4.78, 5) is 18.3. The summed E-state index contributed by atoms with van der Waals surface area (Å²) in [6.45, 7) is 0. The summed E-state index contributed by atoms with van der Waals surface area (Å²) in [7, 11) is 0. The fourth-order valence-corrected chi connectivity index (χ4v) is 2.15. The van der Waals surface area contributed by atoms with E-state index in [2.05, 4.69) is 9.97 Å². The predicted octanol–water partition coefficient (Wildman–Crippen LogP) is 2.53. The molecule has 1 heterocycles. The van der Waals surface area contributed by atoms with Gasteiger partial charge in [0.15, 0.2) is 16.7 Å². The third-order valence-corrected chi connectivity index (χ3v) is 3.36. The highest BCUT2D eigenvalue weighted by Gasteiger charge is 2.16. The number of halogens is 2. The van der Waals surface area contributed by atoms with Crippen LogP contribution < -0.4 is 5.56 Å². The molecule has 0 aliphatic carbocycles. The largest absolute Gasteiger partial charge is 0.504 e. The van der Waals surface area contributed by atoms with Gasteiger partial charge in [-0.3, -0.25) is 4.79 Å². The Hall–Kier alpha value is -2.04. The molecule has 0 aliphatic rings. The van der Waals surface area contributed by atoms with E-state index < -0.39 is 17.1 Å². The van der Waals surface area contributed by atoms with Crippen LogP contribution in [0, 0.1) is 17.1 Å². The van der Waals surface area contributed by atoms with Crippen molar-refractivity contribution in [3.8, 4) is 23.1 Å². The summed E-state index contributed by atoms with van der Waals surface area (Å²) in [5.41, 5.74) is -0.708. The summed E-state index contributed by atoms with van der Waals surface area (Å²) in [5.74, 6) is -1.65. The van der Waals surface area contributed by atoms with E-state index in [1.165, 1.54) is 17.8 Å². The summed E-state index contributed by atoms with van der Waals surface area (Å²) in [6, 6.07) is 3.93. The molecule has 5 nitrogen and oxygen atoms in total. The van der Waals surface area contributed by atoms with Crippen LogP contribution in [0.15, 0.2) is 22.1 Å². The van der Waals surface area contributed by atoms with E-state index in [-0.39, 0.29) is 27.0 Å². The number of hydrogen-bond donors (Lipinski definition) is 2. The van der Waals surface area contributed by atoms with Crippen molar-refractivity contribution in [1.29, 1.82) is 5.26 Å². The number of H-pyrrole nitrogens is 1. The molecule has 2 aromatic rings. The molecule has 2 N–H and O–H groups in total. The van der Waals surface area contributed by atoms with Gasteiger partial charge in [-0.25, -0.2) is 9.37 Å². The monoisotopic (exact) mass is 311 g/mol. The average molecular weight is 312 g/mol. The SMILES string of the molecule is CSc1nc(-c2cc(F)c(O)c(Cl)c2)c(C#N)c(=O)[nH]1. The molecule has 0 fully saturated rings. The van der Waals surface area contributed by atoms with E-state index in [1.807, 2.05) is 0 Å². The van der Waals surface area contributed by atoms with Crippen LogP contribution in [0.3, 0.4) is 0 Å². The molecule has 0 bridgehead atoms. The number of phenolic OH excluding ortho intramolecular Hbond substituents is 1. The fraction of sp³-hybridized carbons (Fsp3) is 0.0833. The van der Waals surface area contributed by atoms with Gasteiger partial charge in [-0.2, -0.15) is 5.26 Å². The van der Waals surface area contributed by atoms with E-state index >= 15 is 0 Å². The Morgan fingerprint density at radius 2 is 2.25 bits per heavy atom. The molecule has 0 unspecified atom stereocenters. The summed E-state index contributed by atoms with van der Waals surface area (Å²) < 4.78 is 13.5. The van der Waals surface area contributed by atoms with Crippen LogP contribution >= 0.6 is 23.4 Å². The molecule has 102 valence electrons. The Labute approximate surface area is 122 Å². The topological polar surface area (TPSA) is 89.8 Å². The molecule has 1 aromatic carbocycles. The van der Waals surface area contributed by atoms with Gasteiger partial charge in [-0.15, -0.1) is 0 Å². The first-order valence-electron chi connectivity index (χ1n) is 5.24. The molecule has 0 radical (unpaired) electrons. The number of nitriles is 1. The maximum Gasteiger partial charge on any atom is 0.270 e. The van der Waals surface area contributed by atoms with Crippen molar-refractivity contribution >= 4 is 23.4 Å². The predicted molar refractivity (Wildman–Crippen MR) is 73.4 cm³/mol. The lowest BCUT2D eigenvalue weighted by molar-refractivity contribution is 0.433. The van der Waals surface area contributed by atoms with Crippen molar-refractivity contribution < 1.29 is 9.50 Å². The molecule has 0 amide bonds. The number of thioether (sulfide) groups is 1. The van der Waals surface area contributed by atoms with Gasteiger partial charge in [0, 0.05) is 5.56 Å². The minimum Gasteiger partial charge on any atom is -0.504 e. The summed E-state index contributed by atoms with van der Waals surface area (Å²) in [5, 5.41) is 18.4. The second-order valence-electron chi connectivity index (χ2n) is 3.70. The Morgan fingerprint density at radius 3 is 2.80 bits per heavy atom. The molecule has 0 saturated carbocycles. The van der Waals surface area contributed by atoms with Crippen molar-refractivity contribution in [2.24, 2.45) is 0 Å². The molecular formula is C12H7ClFN3O2S. The number of aromatic hydroxyl groups is 1. The van der Waals surface area contributed by atoms with Crippen LogP contribution in [0.25, 0.3) is 11.3 Å².